The molecule has 0 aliphatic heterocycles. The number of hydrogen-bond acceptors (Lipinski definition) is 3. The first-order chi connectivity index (χ1) is 5.54. The lowest BCUT2D eigenvalue weighted by Crippen LogP contribution is -2.11. The van der Waals surface area contributed by atoms with Gasteiger partial charge in [0.15, 0.2) is 5.13 Å². The Labute approximate surface area is 82.0 Å². The lowest BCUT2D eigenvalue weighted by molar-refractivity contribution is 0.573. The summed E-state index contributed by atoms with van der Waals surface area (Å²) in [6.07, 6.45) is 0. The van der Waals surface area contributed by atoms with E-state index in [0.717, 1.165) is 10.8 Å². The maximum absolute atomic E-state index is 4.67. The molecule has 2 nitrogen and oxygen atoms in total. The fourth-order valence-electron chi connectivity index (χ4n) is 0.735. The summed E-state index contributed by atoms with van der Waals surface area (Å²) in [5, 5.41) is 5.82. The maximum atomic E-state index is 4.67. The van der Waals surface area contributed by atoms with Crippen LogP contribution in [-0.4, -0.2) is 10.5 Å². The molecule has 0 spiro atoms. The zero-order valence-electron chi connectivity index (χ0n) is 7.42. The summed E-state index contributed by atoms with van der Waals surface area (Å²) >= 11 is 6.25. The van der Waals surface area contributed by atoms with Gasteiger partial charge in [-0.05, 0) is 0 Å². The zero-order chi connectivity index (χ0) is 9.19. The summed E-state index contributed by atoms with van der Waals surface area (Å²) < 4.78 is 0. The van der Waals surface area contributed by atoms with Crippen LogP contribution >= 0.6 is 23.6 Å². The molecule has 0 radical (unpaired) electrons. The number of rotatable bonds is 2. The van der Waals surface area contributed by atoms with Crippen LogP contribution in [0, 0.1) is 0 Å². The van der Waals surface area contributed by atoms with Gasteiger partial charge in [0.25, 0.3) is 0 Å². The van der Waals surface area contributed by atoms with Crippen molar-refractivity contribution in [2.75, 3.05) is 5.32 Å². The van der Waals surface area contributed by atoms with E-state index >= 15 is 0 Å². The SMILES string of the molecule is CC(C)(C)c1csc(NC=S)n1. The van der Waals surface area contributed by atoms with Crippen LogP contribution in [0.1, 0.15) is 26.5 Å². The summed E-state index contributed by atoms with van der Waals surface area (Å²) in [5.74, 6) is 0. The van der Waals surface area contributed by atoms with Crippen molar-refractivity contribution in [2.45, 2.75) is 26.2 Å². The second-order valence-electron chi connectivity index (χ2n) is 3.55. The van der Waals surface area contributed by atoms with Crippen molar-refractivity contribution in [2.24, 2.45) is 0 Å². The smallest absolute Gasteiger partial charge is 0.187 e. The number of hydrogen-bond donors (Lipinski definition) is 1. The molecule has 1 rings (SSSR count). The van der Waals surface area contributed by atoms with Gasteiger partial charge in [-0.1, -0.05) is 33.0 Å². The summed E-state index contributed by atoms with van der Waals surface area (Å²) in [7, 11) is 0. The Hall–Kier alpha value is -0.480. The Bertz CT molecular complexity index is 273. The van der Waals surface area contributed by atoms with E-state index in [0.29, 0.717) is 0 Å². The van der Waals surface area contributed by atoms with Gasteiger partial charge in [0.2, 0.25) is 0 Å². The van der Waals surface area contributed by atoms with Crippen LogP contribution in [-0.2, 0) is 5.41 Å². The molecule has 1 aromatic rings. The number of nitrogens with one attached hydrogen (secondary N) is 1. The minimum absolute atomic E-state index is 0.123. The van der Waals surface area contributed by atoms with Crippen LogP contribution in [0.3, 0.4) is 0 Å². The second kappa shape index (κ2) is 3.49. The molecular weight excluding hydrogens is 188 g/mol. The van der Waals surface area contributed by atoms with Gasteiger partial charge in [-0.3, -0.25) is 0 Å². The third kappa shape index (κ3) is 2.25. The van der Waals surface area contributed by atoms with Crippen LogP contribution in [0.4, 0.5) is 5.13 Å². The molecule has 1 N–H and O–H groups in total. The van der Waals surface area contributed by atoms with Crippen molar-refractivity contribution < 1.29 is 0 Å². The molecule has 0 unspecified atom stereocenters. The summed E-state index contributed by atoms with van der Waals surface area (Å²) in [6.45, 7) is 6.43. The fraction of sp³-hybridized carbons (Fsp3) is 0.500. The predicted octanol–water partition coefficient (Wildman–Crippen LogP) is 2.81. The highest BCUT2D eigenvalue weighted by atomic mass is 32.1. The monoisotopic (exact) mass is 200 g/mol. The number of aromatic nitrogens is 1. The van der Waals surface area contributed by atoms with Gasteiger partial charge in [0, 0.05) is 10.8 Å². The molecule has 0 bridgehead atoms. The van der Waals surface area contributed by atoms with Crippen molar-refractivity contribution in [1.82, 2.24) is 4.98 Å². The summed E-state index contributed by atoms with van der Waals surface area (Å²) in [6, 6.07) is 0. The molecule has 0 aliphatic rings. The number of thiazole rings is 1. The molecule has 1 heterocycles. The van der Waals surface area contributed by atoms with Gasteiger partial charge in [0.05, 0.1) is 11.2 Å². The molecule has 0 aromatic carbocycles. The van der Waals surface area contributed by atoms with Crippen molar-refractivity contribution >= 4 is 34.2 Å². The molecular formula is C8H12N2S2. The van der Waals surface area contributed by atoms with E-state index in [1.807, 2.05) is 0 Å². The second-order valence-corrected chi connectivity index (χ2v) is 4.64. The lowest BCUT2D eigenvalue weighted by atomic mass is 9.93. The predicted molar refractivity (Wildman–Crippen MR) is 58.1 cm³/mol. The summed E-state index contributed by atoms with van der Waals surface area (Å²) in [5.41, 5.74) is 2.70. The molecule has 1 aromatic heterocycles. The van der Waals surface area contributed by atoms with Gasteiger partial charge < -0.3 is 5.32 Å². The number of anilines is 1. The van der Waals surface area contributed by atoms with Crippen molar-refractivity contribution in [3.8, 4) is 0 Å². The van der Waals surface area contributed by atoms with Crippen molar-refractivity contribution in [1.29, 1.82) is 0 Å². The Balaban J connectivity index is 2.84. The molecule has 0 saturated heterocycles. The molecule has 12 heavy (non-hydrogen) atoms. The minimum Gasteiger partial charge on any atom is -0.329 e. The molecule has 4 heteroatoms. The molecule has 0 atom stereocenters. The van der Waals surface area contributed by atoms with Crippen LogP contribution in [0.2, 0.25) is 0 Å². The van der Waals surface area contributed by atoms with E-state index in [1.165, 1.54) is 5.49 Å². The van der Waals surface area contributed by atoms with Gasteiger partial charge in [-0.2, -0.15) is 0 Å². The maximum Gasteiger partial charge on any atom is 0.187 e. The topological polar surface area (TPSA) is 24.9 Å². The van der Waals surface area contributed by atoms with E-state index < -0.39 is 0 Å². The summed E-state index contributed by atoms with van der Waals surface area (Å²) in [4.78, 5) is 4.38. The van der Waals surface area contributed by atoms with Gasteiger partial charge in [-0.15, -0.1) is 11.3 Å². The van der Waals surface area contributed by atoms with Crippen molar-refractivity contribution in [3.63, 3.8) is 0 Å². The quantitative estimate of drug-likeness (QED) is 0.743. The van der Waals surface area contributed by atoms with Gasteiger partial charge in [-0.25, -0.2) is 4.98 Å². The average Bonchev–Trinajstić information content (AvgIpc) is 2.35. The number of thiocarbonyl (C=S) groups is 1. The Morgan fingerprint density at radius 3 is 2.67 bits per heavy atom. The van der Waals surface area contributed by atoms with Gasteiger partial charge in [0.1, 0.15) is 0 Å². The highest BCUT2D eigenvalue weighted by molar-refractivity contribution is 7.79. The highest BCUT2D eigenvalue weighted by Gasteiger charge is 2.16. The largest absolute Gasteiger partial charge is 0.329 e. The standard InChI is InChI=1S/C8H12N2S2/c1-8(2,3)6-4-12-7(10-6)9-5-11/h4-5H,1-3H3,(H,9,10,11). The molecule has 0 fully saturated rings. The van der Waals surface area contributed by atoms with Crippen LogP contribution in [0.5, 0.6) is 0 Å². The Morgan fingerprint density at radius 2 is 2.25 bits per heavy atom. The van der Waals surface area contributed by atoms with Crippen molar-refractivity contribution in [3.05, 3.63) is 11.1 Å². The van der Waals surface area contributed by atoms with E-state index in [4.69, 9.17) is 0 Å². The fourth-order valence-corrected chi connectivity index (χ4v) is 1.83. The van der Waals surface area contributed by atoms with Crippen LogP contribution in [0.25, 0.3) is 0 Å². The molecule has 0 aliphatic carbocycles. The minimum atomic E-state index is 0.123. The van der Waals surface area contributed by atoms with Crippen LogP contribution in [0.15, 0.2) is 5.38 Å². The highest BCUT2D eigenvalue weighted by Crippen LogP contribution is 2.25. The molecule has 0 saturated carbocycles. The Kier molecular flexibility index (Phi) is 2.80. The normalized spacial score (nSPS) is 11.2. The number of nitrogens with zero attached hydrogens (tertiary/aromatic N) is 1. The van der Waals surface area contributed by atoms with E-state index in [1.54, 1.807) is 11.3 Å². The van der Waals surface area contributed by atoms with E-state index in [2.05, 4.69) is 48.7 Å². The van der Waals surface area contributed by atoms with Gasteiger partial charge >= 0.3 is 0 Å². The van der Waals surface area contributed by atoms with E-state index in [9.17, 15) is 0 Å². The lowest BCUT2D eigenvalue weighted by Gasteiger charge is -2.13. The third-order valence-corrected chi connectivity index (χ3v) is 2.35. The first-order valence-corrected chi connectivity index (χ1v) is 5.05. The third-order valence-electron chi connectivity index (χ3n) is 1.46. The zero-order valence-corrected chi connectivity index (χ0v) is 9.05. The molecule has 0 amide bonds. The van der Waals surface area contributed by atoms with Crippen LogP contribution < -0.4 is 5.32 Å². The average molecular weight is 200 g/mol. The Morgan fingerprint density at radius 1 is 1.58 bits per heavy atom. The first-order valence-electron chi connectivity index (χ1n) is 3.70. The first kappa shape index (κ1) is 9.61. The molecule has 66 valence electrons. The van der Waals surface area contributed by atoms with E-state index in [-0.39, 0.29) is 5.41 Å².